The maximum atomic E-state index is 12.7. The molecule has 0 aliphatic carbocycles. The van der Waals surface area contributed by atoms with Crippen LogP contribution in [0.5, 0.6) is 0 Å². The molecule has 2 aromatic rings. The molecule has 3 rings (SSSR count). The van der Waals surface area contributed by atoms with E-state index in [4.69, 9.17) is 10.1 Å². The second-order valence-corrected chi connectivity index (χ2v) is 9.98. The van der Waals surface area contributed by atoms with Crippen molar-refractivity contribution in [2.45, 2.75) is 30.7 Å². The highest BCUT2D eigenvalue weighted by molar-refractivity contribution is 7.90. The van der Waals surface area contributed by atoms with Crippen LogP contribution >= 0.6 is 11.3 Å². The molecule has 1 aliphatic rings. The van der Waals surface area contributed by atoms with Crippen molar-refractivity contribution in [3.05, 3.63) is 40.8 Å². The SMILES string of the molecule is CC(=N)c1cc(C(=O)Nc2cccc(S(C)(=O)=O)c2)sc1[NH2+]C1CCOCC1. The first-order chi connectivity index (χ1) is 13.2. The van der Waals surface area contributed by atoms with Gasteiger partial charge < -0.3 is 20.8 Å². The van der Waals surface area contributed by atoms with Gasteiger partial charge in [0, 0.05) is 30.5 Å². The Kier molecular flexibility index (Phi) is 6.29. The molecule has 1 aromatic heterocycles. The average molecular weight is 423 g/mol. The monoisotopic (exact) mass is 422 g/mol. The number of thiophene rings is 1. The van der Waals surface area contributed by atoms with E-state index in [0.717, 1.165) is 42.9 Å². The van der Waals surface area contributed by atoms with Crippen LogP contribution < -0.4 is 10.6 Å². The molecular weight excluding hydrogens is 398 g/mol. The summed E-state index contributed by atoms with van der Waals surface area (Å²) >= 11 is 1.35. The Labute approximate surface area is 168 Å². The molecule has 1 fully saturated rings. The fourth-order valence-electron chi connectivity index (χ4n) is 3.03. The second kappa shape index (κ2) is 8.52. The number of benzene rings is 1. The summed E-state index contributed by atoms with van der Waals surface area (Å²) in [6.07, 6.45) is 3.01. The van der Waals surface area contributed by atoms with Crippen molar-refractivity contribution in [1.29, 1.82) is 5.41 Å². The van der Waals surface area contributed by atoms with Gasteiger partial charge >= 0.3 is 0 Å². The Morgan fingerprint density at radius 1 is 1.29 bits per heavy atom. The largest absolute Gasteiger partial charge is 0.381 e. The van der Waals surface area contributed by atoms with Gasteiger partial charge in [-0.1, -0.05) is 17.4 Å². The number of anilines is 1. The summed E-state index contributed by atoms with van der Waals surface area (Å²) in [5.41, 5.74) is 1.59. The molecule has 0 atom stereocenters. The van der Waals surface area contributed by atoms with E-state index in [1.807, 2.05) is 0 Å². The van der Waals surface area contributed by atoms with Crippen LogP contribution in [0.25, 0.3) is 0 Å². The van der Waals surface area contributed by atoms with E-state index >= 15 is 0 Å². The Balaban J connectivity index is 1.80. The first-order valence-corrected chi connectivity index (χ1v) is 11.7. The van der Waals surface area contributed by atoms with E-state index in [2.05, 4.69) is 10.6 Å². The lowest BCUT2D eigenvalue weighted by Crippen LogP contribution is -2.85. The van der Waals surface area contributed by atoms with E-state index < -0.39 is 9.84 Å². The van der Waals surface area contributed by atoms with Gasteiger partial charge in [0.1, 0.15) is 0 Å². The van der Waals surface area contributed by atoms with Crippen LogP contribution in [0.15, 0.2) is 35.2 Å². The quantitative estimate of drug-likeness (QED) is 0.619. The summed E-state index contributed by atoms with van der Waals surface area (Å²) in [6.45, 7) is 3.17. The molecule has 1 aliphatic heterocycles. The number of hydrogen-bond donors (Lipinski definition) is 3. The van der Waals surface area contributed by atoms with E-state index in [-0.39, 0.29) is 10.8 Å². The van der Waals surface area contributed by atoms with Crippen LogP contribution in [0.3, 0.4) is 0 Å². The zero-order chi connectivity index (χ0) is 20.3. The lowest BCUT2D eigenvalue weighted by atomic mass is 10.1. The summed E-state index contributed by atoms with van der Waals surface area (Å²) in [6, 6.07) is 8.30. The third-order valence-electron chi connectivity index (χ3n) is 4.56. The predicted octanol–water partition coefficient (Wildman–Crippen LogP) is 2.17. The highest BCUT2D eigenvalue weighted by Gasteiger charge is 2.24. The molecular formula is C19H24N3O4S2+. The summed E-state index contributed by atoms with van der Waals surface area (Å²) in [5.74, 6) is -0.315. The number of rotatable bonds is 6. The minimum absolute atomic E-state index is 0.154. The number of carbonyl (C=O) groups is 1. The Bertz CT molecular complexity index is 992. The summed E-state index contributed by atoms with van der Waals surface area (Å²) in [5, 5.41) is 13.9. The van der Waals surface area contributed by atoms with Crippen LogP contribution in [0.4, 0.5) is 10.7 Å². The van der Waals surface area contributed by atoms with E-state index in [1.165, 1.54) is 23.5 Å². The van der Waals surface area contributed by atoms with Crippen LogP contribution in [0.2, 0.25) is 0 Å². The third-order valence-corrected chi connectivity index (χ3v) is 6.77. The van der Waals surface area contributed by atoms with Gasteiger partial charge in [-0.2, -0.15) is 0 Å². The van der Waals surface area contributed by atoms with Gasteiger partial charge in [-0.15, -0.1) is 0 Å². The third kappa shape index (κ3) is 5.05. The molecule has 28 heavy (non-hydrogen) atoms. The minimum atomic E-state index is -3.35. The van der Waals surface area contributed by atoms with E-state index in [0.29, 0.717) is 22.3 Å². The zero-order valence-corrected chi connectivity index (χ0v) is 17.5. The molecule has 4 N–H and O–H groups in total. The van der Waals surface area contributed by atoms with Crippen molar-refractivity contribution in [3.63, 3.8) is 0 Å². The van der Waals surface area contributed by atoms with Gasteiger partial charge in [0.25, 0.3) is 5.91 Å². The lowest BCUT2D eigenvalue weighted by molar-refractivity contribution is -0.612. The van der Waals surface area contributed by atoms with Gasteiger partial charge in [-0.3, -0.25) is 4.79 Å². The molecule has 7 nitrogen and oxygen atoms in total. The first kappa shape index (κ1) is 20.7. The first-order valence-electron chi connectivity index (χ1n) is 8.97. The molecule has 1 amide bonds. The van der Waals surface area contributed by atoms with Gasteiger partial charge in [0.15, 0.2) is 14.8 Å². The van der Waals surface area contributed by atoms with Crippen LogP contribution in [-0.2, 0) is 14.6 Å². The molecule has 150 valence electrons. The second-order valence-electron chi connectivity index (χ2n) is 6.88. The fourth-order valence-corrected chi connectivity index (χ4v) is 4.83. The Morgan fingerprint density at radius 3 is 2.64 bits per heavy atom. The number of sulfone groups is 1. The molecule has 1 saturated heterocycles. The standard InChI is InChI=1S/C19H23N3O4S2/c1-12(20)16-11-17(27-19(16)22-13-6-8-26-9-7-13)18(23)21-14-4-3-5-15(10-14)28(2,24)25/h3-5,10-11,13,20,22H,6-9H2,1-2H3,(H,21,23)/p+1. The summed E-state index contributed by atoms with van der Waals surface area (Å²) < 4.78 is 28.8. The predicted molar refractivity (Wildman–Crippen MR) is 110 cm³/mol. The van der Waals surface area contributed by atoms with Crippen molar-refractivity contribution >= 4 is 43.5 Å². The van der Waals surface area contributed by atoms with Crippen LogP contribution in [-0.4, -0.2) is 45.5 Å². The smallest absolute Gasteiger partial charge is 0.265 e. The van der Waals surface area contributed by atoms with E-state index in [1.54, 1.807) is 25.1 Å². The van der Waals surface area contributed by atoms with Crippen LogP contribution in [0.1, 0.15) is 35.0 Å². The number of ether oxygens (including phenoxy) is 1. The van der Waals surface area contributed by atoms with Gasteiger partial charge in [0.05, 0.1) is 34.6 Å². The molecule has 1 aromatic carbocycles. The van der Waals surface area contributed by atoms with Crippen molar-refractivity contribution in [3.8, 4) is 0 Å². The molecule has 9 heteroatoms. The topological polar surface area (TPSA) is 113 Å². The molecule has 0 radical (unpaired) electrons. The number of quaternary nitrogens is 1. The molecule has 0 unspecified atom stereocenters. The number of hydrogen-bond acceptors (Lipinski definition) is 6. The maximum Gasteiger partial charge on any atom is 0.265 e. The number of amides is 1. The summed E-state index contributed by atoms with van der Waals surface area (Å²) in [7, 11) is -3.35. The minimum Gasteiger partial charge on any atom is -0.381 e. The number of nitrogens with one attached hydrogen (secondary N) is 2. The van der Waals surface area contributed by atoms with Crippen molar-refractivity contribution in [2.24, 2.45) is 0 Å². The fraction of sp³-hybridized carbons (Fsp3) is 0.368. The normalized spacial score (nSPS) is 15.4. The average Bonchev–Trinajstić information content (AvgIpc) is 3.06. The number of carbonyl (C=O) groups excluding carboxylic acids is 1. The van der Waals surface area contributed by atoms with Crippen LogP contribution in [0, 0.1) is 5.41 Å². The van der Waals surface area contributed by atoms with Crippen molar-refractivity contribution in [2.75, 3.05) is 24.8 Å². The van der Waals surface area contributed by atoms with Gasteiger partial charge in [-0.05, 0) is 31.2 Å². The summed E-state index contributed by atoms with van der Waals surface area (Å²) in [4.78, 5) is 13.3. The zero-order valence-electron chi connectivity index (χ0n) is 15.8. The van der Waals surface area contributed by atoms with Crippen molar-refractivity contribution < 1.29 is 23.3 Å². The number of nitrogens with two attached hydrogens (primary N) is 1. The molecule has 0 saturated carbocycles. The van der Waals surface area contributed by atoms with Crippen molar-refractivity contribution in [1.82, 2.24) is 0 Å². The van der Waals surface area contributed by atoms with Gasteiger partial charge in [0.2, 0.25) is 0 Å². The Morgan fingerprint density at radius 2 is 2.00 bits per heavy atom. The highest BCUT2D eigenvalue weighted by atomic mass is 32.2. The molecule has 0 spiro atoms. The molecule has 2 heterocycles. The Hall–Kier alpha value is -2.07. The lowest BCUT2D eigenvalue weighted by Gasteiger charge is -2.19. The highest BCUT2D eigenvalue weighted by Crippen LogP contribution is 2.26. The van der Waals surface area contributed by atoms with Gasteiger partial charge in [-0.25, -0.2) is 8.42 Å². The molecule has 0 bridgehead atoms. The maximum absolute atomic E-state index is 12.7. The van der Waals surface area contributed by atoms with E-state index in [9.17, 15) is 13.2 Å².